The standard InChI is InChI=1S/C24H26FN5O3S/c1-26-23(32)27-9-10-30-21(16-34-24(30)28-20-4-2-3-19(25)15-20)17-5-7-18(8-6-17)22(31)29-11-13-33-14-12-29/h2-8,15-16H,9-14H2,1H3,(H2,26,27,32). The quantitative estimate of drug-likeness (QED) is 0.565. The van der Waals surface area contributed by atoms with Crippen molar-refractivity contribution in [2.24, 2.45) is 4.99 Å². The molecular weight excluding hydrogens is 457 g/mol. The first-order valence-corrected chi connectivity index (χ1v) is 11.8. The molecule has 1 aliphatic rings. The molecule has 1 saturated heterocycles. The van der Waals surface area contributed by atoms with Gasteiger partial charge in [-0.3, -0.25) is 4.79 Å². The third-order valence-corrected chi connectivity index (χ3v) is 6.27. The number of hydrogen-bond acceptors (Lipinski definition) is 5. The summed E-state index contributed by atoms with van der Waals surface area (Å²) >= 11 is 1.43. The van der Waals surface area contributed by atoms with Crippen LogP contribution in [-0.4, -0.2) is 61.3 Å². The largest absolute Gasteiger partial charge is 0.378 e. The van der Waals surface area contributed by atoms with Crippen LogP contribution < -0.4 is 15.4 Å². The summed E-state index contributed by atoms with van der Waals surface area (Å²) < 4.78 is 21.0. The molecule has 1 aliphatic heterocycles. The van der Waals surface area contributed by atoms with Crippen LogP contribution in [-0.2, 0) is 11.3 Å². The van der Waals surface area contributed by atoms with Gasteiger partial charge in [0.1, 0.15) is 5.82 Å². The Balaban J connectivity index is 1.63. The van der Waals surface area contributed by atoms with Gasteiger partial charge in [0.15, 0.2) is 4.80 Å². The fraction of sp³-hybridized carbons (Fsp3) is 0.292. The number of thiazole rings is 1. The van der Waals surface area contributed by atoms with Crippen LogP contribution in [0.4, 0.5) is 14.9 Å². The van der Waals surface area contributed by atoms with E-state index in [9.17, 15) is 14.0 Å². The summed E-state index contributed by atoms with van der Waals surface area (Å²) in [6, 6.07) is 13.3. The number of nitrogens with zero attached hydrogens (tertiary/aromatic N) is 3. The summed E-state index contributed by atoms with van der Waals surface area (Å²) in [6.07, 6.45) is 0. The van der Waals surface area contributed by atoms with Crippen LogP contribution in [0.3, 0.4) is 0 Å². The molecule has 0 spiro atoms. The first-order valence-electron chi connectivity index (χ1n) is 11.0. The lowest BCUT2D eigenvalue weighted by molar-refractivity contribution is 0.0303. The second-order valence-corrected chi connectivity index (χ2v) is 8.47. The van der Waals surface area contributed by atoms with Gasteiger partial charge in [0.25, 0.3) is 5.91 Å². The van der Waals surface area contributed by atoms with Crippen molar-refractivity contribution in [2.45, 2.75) is 6.54 Å². The second kappa shape index (κ2) is 11.1. The number of carbonyl (C=O) groups is 2. The molecule has 178 valence electrons. The Labute approximate surface area is 200 Å². The van der Waals surface area contributed by atoms with Gasteiger partial charge < -0.3 is 24.8 Å². The molecule has 3 aromatic rings. The minimum absolute atomic E-state index is 0.00961. The summed E-state index contributed by atoms with van der Waals surface area (Å²) in [5.74, 6) is -0.365. The lowest BCUT2D eigenvalue weighted by Gasteiger charge is -2.26. The first kappa shape index (κ1) is 23.7. The normalized spacial score (nSPS) is 14.2. The maximum absolute atomic E-state index is 13.7. The van der Waals surface area contributed by atoms with Gasteiger partial charge in [0.2, 0.25) is 0 Å². The van der Waals surface area contributed by atoms with Crippen LogP contribution in [0.2, 0.25) is 0 Å². The maximum Gasteiger partial charge on any atom is 0.314 e. The minimum Gasteiger partial charge on any atom is -0.378 e. The van der Waals surface area contributed by atoms with Gasteiger partial charge in [-0.25, -0.2) is 14.2 Å². The zero-order valence-electron chi connectivity index (χ0n) is 18.8. The van der Waals surface area contributed by atoms with Crippen molar-refractivity contribution >= 4 is 29.0 Å². The molecule has 0 bridgehead atoms. The summed E-state index contributed by atoms with van der Waals surface area (Å²) in [6.45, 7) is 3.14. The Morgan fingerprint density at radius 3 is 2.62 bits per heavy atom. The number of ether oxygens (including phenoxy) is 1. The van der Waals surface area contributed by atoms with E-state index in [4.69, 9.17) is 4.74 Å². The first-order chi connectivity index (χ1) is 16.5. The number of halogens is 1. The van der Waals surface area contributed by atoms with Gasteiger partial charge >= 0.3 is 6.03 Å². The van der Waals surface area contributed by atoms with Crippen LogP contribution >= 0.6 is 11.3 Å². The van der Waals surface area contributed by atoms with Crippen LogP contribution in [0, 0.1) is 5.82 Å². The molecule has 2 aromatic carbocycles. The predicted octanol–water partition coefficient (Wildman–Crippen LogP) is 2.99. The number of nitrogens with one attached hydrogen (secondary N) is 2. The number of morpholine rings is 1. The van der Waals surface area contributed by atoms with Gasteiger partial charge in [-0.1, -0.05) is 18.2 Å². The molecule has 4 rings (SSSR count). The third-order valence-electron chi connectivity index (χ3n) is 5.40. The van der Waals surface area contributed by atoms with Gasteiger partial charge in [-0.2, -0.15) is 0 Å². The third kappa shape index (κ3) is 5.70. The minimum atomic E-state index is -0.355. The molecule has 0 atom stereocenters. The van der Waals surface area contributed by atoms with E-state index in [1.54, 1.807) is 24.1 Å². The second-order valence-electron chi connectivity index (χ2n) is 7.63. The number of aromatic nitrogens is 1. The molecule has 0 radical (unpaired) electrons. The van der Waals surface area contributed by atoms with Crippen LogP contribution in [0.25, 0.3) is 11.3 Å². The van der Waals surface area contributed by atoms with Crippen molar-refractivity contribution < 1.29 is 18.7 Å². The lowest BCUT2D eigenvalue weighted by Crippen LogP contribution is -2.40. The fourth-order valence-corrected chi connectivity index (χ4v) is 4.58. The summed E-state index contributed by atoms with van der Waals surface area (Å²) in [7, 11) is 1.56. The predicted molar refractivity (Wildman–Crippen MR) is 129 cm³/mol. The van der Waals surface area contributed by atoms with E-state index in [1.807, 2.05) is 34.2 Å². The van der Waals surface area contributed by atoms with Crippen molar-refractivity contribution in [2.75, 3.05) is 39.9 Å². The highest BCUT2D eigenvalue weighted by Crippen LogP contribution is 2.22. The SMILES string of the molecule is CNC(=O)NCCn1c(-c2ccc(C(=O)N3CCOCC3)cc2)csc1=Nc1cccc(F)c1. The number of carbonyl (C=O) groups excluding carboxylic acids is 2. The molecule has 0 saturated carbocycles. The molecule has 1 fully saturated rings. The highest BCUT2D eigenvalue weighted by molar-refractivity contribution is 7.07. The summed E-state index contributed by atoms with van der Waals surface area (Å²) in [5.41, 5.74) is 2.94. The van der Waals surface area contributed by atoms with Crippen LogP contribution in [0.15, 0.2) is 58.9 Å². The Kier molecular flexibility index (Phi) is 7.71. The Bertz CT molecular complexity index is 1220. The average Bonchev–Trinajstić information content (AvgIpc) is 3.26. The average molecular weight is 484 g/mol. The van der Waals surface area contributed by atoms with Crippen molar-refractivity contribution in [1.82, 2.24) is 20.1 Å². The molecular formula is C24H26FN5O3S. The van der Waals surface area contributed by atoms with Crippen LogP contribution in [0.1, 0.15) is 10.4 Å². The van der Waals surface area contributed by atoms with Gasteiger partial charge in [0.05, 0.1) is 24.6 Å². The number of benzene rings is 2. The van der Waals surface area contributed by atoms with Crippen molar-refractivity contribution in [1.29, 1.82) is 0 Å². The maximum atomic E-state index is 13.7. The molecule has 34 heavy (non-hydrogen) atoms. The van der Waals surface area contributed by atoms with Gasteiger partial charge in [-0.05, 0) is 35.9 Å². The summed E-state index contributed by atoms with van der Waals surface area (Å²) in [4.78, 5) is 31.4. The highest BCUT2D eigenvalue weighted by Gasteiger charge is 2.18. The number of urea groups is 1. The summed E-state index contributed by atoms with van der Waals surface area (Å²) in [5, 5.41) is 7.28. The van der Waals surface area contributed by atoms with Gasteiger partial charge in [0, 0.05) is 44.2 Å². The topological polar surface area (TPSA) is 88.0 Å². The smallest absolute Gasteiger partial charge is 0.314 e. The molecule has 3 amide bonds. The van der Waals surface area contributed by atoms with E-state index in [0.717, 1.165) is 11.3 Å². The molecule has 10 heteroatoms. The fourth-order valence-electron chi connectivity index (χ4n) is 3.62. The molecule has 8 nitrogen and oxygen atoms in total. The number of amides is 3. The Morgan fingerprint density at radius 2 is 1.91 bits per heavy atom. The number of rotatable bonds is 6. The Morgan fingerprint density at radius 1 is 1.15 bits per heavy atom. The van der Waals surface area contributed by atoms with E-state index in [2.05, 4.69) is 15.6 Å². The lowest BCUT2D eigenvalue weighted by atomic mass is 10.1. The molecule has 2 N–H and O–H groups in total. The van der Waals surface area contributed by atoms with Crippen molar-refractivity contribution in [3.63, 3.8) is 0 Å². The number of hydrogen-bond donors (Lipinski definition) is 2. The monoisotopic (exact) mass is 483 g/mol. The zero-order valence-corrected chi connectivity index (χ0v) is 19.6. The van der Waals surface area contributed by atoms with E-state index >= 15 is 0 Å². The van der Waals surface area contributed by atoms with Crippen molar-refractivity contribution in [3.8, 4) is 11.3 Å². The molecule has 2 heterocycles. The van der Waals surface area contributed by atoms with Crippen molar-refractivity contribution in [3.05, 3.63) is 70.1 Å². The van der Waals surface area contributed by atoms with Crippen LogP contribution in [0.5, 0.6) is 0 Å². The van der Waals surface area contributed by atoms with E-state index in [-0.39, 0.29) is 17.8 Å². The van der Waals surface area contributed by atoms with Gasteiger partial charge in [-0.15, -0.1) is 11.3 Å². The van der Waals surface area contributed by atoms with E-state index in [1.165, 1.54) is 23.5 Å². The zero-order chi connectivity index (χ0) is 23.9. The molecule has 0 aliphatic carbocycles. The molecule has 1 aromatic heterocycles. The van der Waals surface area contributed by atoms with E-state index < -0.39 is 0 Å². The highest BCUT2D eigenvalue weighted by atomic mass is 32.1. The Hall–Kier alpha value is -3.50. The molecule has 0 unspecified atom stereocenters. The van der Waals surface area contributed by atoms with E-state index in [0.29, 0.717) is 55.4 Å².